The van der Waals surface area contributed by atoms with Crippen molar-refractivity contribution in [1.29, 1.82) is 0 Å². The highest BCUT2D eigenvalue weighted by molar-refractivity contribution is 5.92. The Morgan fingerprint density at radius 2 is 1.91 bits per heavy atom. The number of aromatic nitrogens is 1. The van der Waals surface area contributed by atoms with Crippen molar-refractivity contribution < 1.29 is 4.79 Å². The lowest BCUT2D eigenvalue weighted by molar-refractivity contribution is 0.0926. The van der Waals surface area contributed by atoms with Crippen LogP contribution in [-0.4, -0.2) is 24.0 Å². The van der Waals surface area contributed by atoms with E-state index in [1.807, 2.05) is 12.1 Å². The molecule has 4 heteroatoms. The van der Waals surface area contributed by atoms with E-state index in [1.54, 1.807) is 12.3 Å². The van der Waals surface area contributed by atoms with E-state index in [2.05, 4.69) is 39.9 Å². The molecule has 4 nitrogen and oxygen atoms in total. The number of amides is 1. The van der Waals surface area contributed by atoms with E-state index in [0.717, 1.165) is 32.4 Å². The van der Waals surface area contributed by atoms with Crippen LogP contribution in [0.3, 0.4) is 0 Å². The molecule has 1 aromatic carbocycles. The van der Waals surface area contributed by atoms with Crippen LogP contribution in [-0.2, 0) is 5.41 Å². The van der Waals surface area contributed by atoms with Gasteiger partial charge in [-0.05, 0) is 55.6 Å². The Hall–Kier alpha value is -2.20. The third-order valence-corrected chi connectivity index (χ3v) is 5.27. The average Bonchev–Trinajstić information content (AvgIpc) is 2.90. The number of carbonyl (C=O) groups is 1. The van der Waals surface area contributed by atoms with Gasteiger partial charge in [0.15, 0.2) is 0 Å². The second-order valence-electron chi connectivity index (χ2n) is 6.56. The maximum absolute atomic E-state index is 12.5. The molecule has 1 saturated heterocycles. The van der Waals surface area contributed by atoms with Gasteiger partial charge in [-0.3, -0.25) is 9.78 Å². The van der Waals surface area contributed by atoms with E-state index in [1.165, 1.54) is 11.1 Å². The van der Waals surface area contributed by atoms with Crippen LogP contribution in [0.5, 0.6) is 0 Å². The Morgan fingerprint density at radius 3 is 2.70 bits per heavy atom. The molecule has 2 aliphatic rings. The van der Waals surface area contributed by atoms with Gasteiger partial charge in [0.05, 0.1) is 6.04 Å². The van der Waals surface area contributed by atoms with Crippen molar-refractivity contribution in [1.82, 2.24) is 15.6 Å². The van der Waals surface area contributed by atoms with Gasteiger partial charge in [0, 0.05) is 11.6 Å². The third kappa shape index (κ3) is 2.53. The molecule has 2 aromatic rings. The van der Waals surface area contributed by atoms with Gasteiger partial charge in [-0.15, -0.1) is 0 Å². The lowest BCUT2D eigenvalue weighted by Crippen LogP contribution is -2.39. The number of carbonyl (C=O) groups excluding carboxylic acids is 1. The second kappa shape index (κ2) is 5.78. The van der Waals surface area contributed by atoms with Gasteiger partial charge in [-0.1, -0.05) is 30.3 Å². The molecular formula is C19H21N3O. The third-order valence-electron chi connectivity index (χ3n) is 5.27. The zero-order valence-electron chi connectivity index (χ0n) is 13.1. The number of nitrogens with one attached hydrogen (secondary N) is 2. The van der Waals surface area contributed by atoms with E-state index in [4.69, 9.17) is 0 Å². The SMILES string of the molecule is O=C(NC1CC2(CCNCC2)c2ccccc21)c1ccccn1. The Labute approximate surface area is 136 Å². The Kier molecular flexibility index (Phi) is 3.62. The molecule has 2 N–H and O–H groups in total. The summed E-state index contributed by atoms with van der Waals surface area (Å²) in [4.78, 5) is 16.7. The monoisotopic (exact) mass is 307 g/mol. The van der Waals surface area contributed by atoms with Gasteiger partial charge >= 0.3 is 0 Å². The summed E-state index contributed by atoms with van der Waals surface area (Å²) in [6, 6.07) is 14.1. The van der Waals surface area contributed by atoms with Gasteiger partial charge in [-0.25, -0.2) is 0 Å². The fourth-order valence-electron chi connectivity index (χ4n) is 4.13. The molecule has 1 aliphatic carbocycles. The van der Waals surface area contributed by atoms with Gasteiger partial charge < -0.3 is 10.6 Å². The maximum atomic E-state index is 12.5. The molecule has 118 valence electrons. The number of piperidine rings is 1. The van der Waals surface area contributed by atoms with Gasteiger partial charge in [0.1, 0.15) is 5.69 Å². The van der Waals surface area contributed by atoms with Crippen LogP contribution in [0, 0.1) is 0 Å². The molecular weight excluding hydrogens is 286 g/mol. The molecule has 0 radical (unpaired) electrons. The van der Waals surface area contributed by atoms with Crippen molar-refractivity contribution in [2.75, 3.05) is 13.1 Å². The van der Waals surface area contributed by atoms with E-state index in [9.17, 15) is 4.79 Å². The zero-order chi connectivity index (χ0) is 15.7. The van der Waals surface area contributed by atoms with Crippen LogP contribution in [0.15, 0.2) is 48.7 Å². The Bertz CT molecular complexity index is 708. The number of pyridine rings is 1. The maximum Gasteiger partial charge on any atom is 0.270 e. The summed E-state index contributed by atoms with van der Waals surface area (Å²) < 4.78 is 0. The molecule has 4 rings (SSSR count). The number of fused-ring (bicyclic) bond motifs is 2. The van der Waals surface area contributed by atoms with E-state index in [-0.39, 0.29) is 17.4 Å². The Balaban J connectivity index is 1.62. The summed E-state index contributed by atoms with van der Waals surface area (Å²) in [6.07, 6.45) is 4.93. The van der Waals surface area contributed by atoms with Crippen LogP contribution in [0.4, 0.5) is 0 Å². The summed E-state index contributed by atoms with van der Waals surface area (Å²) in [5.41, 5.74) is 3.40. The van der Waals surface area contributed by atoms with E-state index >= 15 is 0 Å². The zero-order valence-corrected chi connectivity index (χ0v) is 13.1. The Morgan fingerprint density at radius 1 is 1.13 bits per heavy atom. The first-order valence-electron chi connectivity index (χ1n) is 8.31. The van der Waals surface area contributed by atoms with Crippen molar-refractivity contribution in [2.24, 2.45) is 0 Å². The molecule has 1 spiro atoms. The summed E-state index contributed by atoms with van der Waals surface area (Å²) in [6.45, 7) is 2.10. The molecule has 1 fully saturated rings. The fourth-order valence-corrected chi connectivity index (χ4v) is 4.13. The number of benzene rings is 1. The number of rotatable bonds is 2. The van der Waals surface area contributed by atoms with E-state index in [0.29, 0.717) is 5.69 Å². The lowest BCUT2D eigenvalue weighted by atomic mass is 9.74. The molecule has 1 atom stereocenters. The first-order valence-corrected chi connectivity index (χ1v) is 8.31. The number of nitrogens with zero attached hydrogens (tertiary/aromatic N) is 1. The van der Waals surface area contributed by atoms with Crippen LogP contribution in [0.2, 0.25) is 0 Å². The van der Waals surface area contributed by atoms with Gasteiger partial charge in [0.2, 0.25) is 0 Å². The van der Waals surface area contributed by atoms with Crippen LogP contribution in [0.25, 0.3) is 0 Å². The topological polar surface area (TPSA) is 54.0 Å². The molecule has 23 heavy (non-hydrogen) atoms. The molecule has 1 aromatic heterocycles. The number of hydrogen-bond acceptors (Lipinski definition) is 3. The first kappa shape index (κ1) is 14.4. The summed E-state index contributed by atoms with van der Waals surface area (Å²) in [5.74, 6) is -0.0867. The normalized spacial score (nSPS) is 21.8. The minimum absolute atomic E-state index is 0.0822. The molecule has 0 saturated carbocycles. The molecule has 0 bridgehead atoms. The summed E-state index contributed by atoms with van der Waals surface area (Å²) in [7, 11) is 0. The molecule has 1 unspecified atom stereocenters. The summed E-state index contributed by atoms with van der Waals surface area (Å²) >= 11 is 0. The molecule has 1 aliphatic heterocycles. The van der Waals surface area contributed by atoms with Crippen molar-refractivity contribution >= 4 is 5.91 Å². The molecule has 2 heterocycles. The van der Waals surface area contributed by atoms with Crippen molar-refractivity contribution in [2.45, 2.75) is 30.7 Å². The predicted octanol–water partition coefficient (Wildman–Crippen LogP) is 2.58. The minimum atomic E-state index is -0.0867. The second-order valence-corrected chi connectivity index (χ2v) is 6.56. The van der Waals surface area contributed by atoms with Crippen LogP contribution < -0.4 is 10.6 Å². The van der Waals surface area contributed by atoms with Crippen molar-refractivity contribution in [3.05, 3.63) is 65.5 Å². The highest BCUT2D eigenvalue weighted by Crippen LogP contribution is 2.49. The van der Waals surface area contributed by atoms with Crippen molar-refractivity contribution in [3.8, 4) is 0 Å². The quantitative estimate of drug-likeness (QED) is 0.896. The van der Waals surface area contributed by atoms with Gasteiger partial charge in [0.25, 0.3) is 5.91 Å². The largest absolute Gasteiger partial charge is 0.344 e. The van der Waals surface area contributed by atoms with Crippen molar-refractivity contribution in [3.63, 3.8) is 0 Å². The number of hydrogen-bond donors (Lipinski definition) is 2. The first-order chi connectivity index (χ1) is 11.3. The van der Waals surface area contributed by atoms with Crippen LogP contribution in [0.1, 0.15) is 46.9 Å². The van der Waals surface area contributed by atoms with E-state index < -0.39 is 0 Å². The standard InChI is InChI=1S/C19H21N3O/c23-18(16-7-3-4-10-21-16)22-17-13-19(8-11-20-12-9-19)15-6-2-1-5-14(15)17/h1-7,10,17,20H,8-9,11-13H2,(H,22,23). The van der Waals surface area contributed by atoms with Crippen LogP contribution >= 0.6 is 0 Å². The highest BCUT2D eigenvalue weighted by atomic mass is 16.1. The smallest absolute Gasteiger partial charge is 0.270 e. The van der Waals surface area contributed by atoms with Gasteiger partial charge in [-0.2, -0.15) is 0 Å². The average molecular weight is 307 g/mol. The lowest BCUT2D eigenvalue weighted by Gasteiger charge is -2.35. The highest BCUT2D eigenvalue weighted by Gasteiger charge is 2.44. The predicted molar refractivity (Wildman–Crippen MR) is 89.3 cm³/mol. The minimum Gasteiger partial charge on any atom is -0.344 e. The fraction of sp³-hybridized carbons (Fsp3) is 0.368. The molecule has 1 amide bonds. The summed E-state index contributed by atoms with van der Waals surface area (Å²) in [5, 5.41) is 6.65.